The van der Waals surface area contributed by atoms with E-state index in [1.807, 2.05) is 83.1 Å². The highest BCUT2D eigenvalue weighted by molar-refractivity contribution is 5.99. The Morgan fingerprint density at radius 1 is 1.00 bits per heavy atom. The minimum absolute atomic E-state index is 0.130. The number of rotatable bonds is 9. The Morgan fingerprint density at radius 3 is 2.22 bits per heavy atom. The number of carbonyl (C=O) groups is 3. The fourth-order valence-corrected chi connectivity index (χ4v) is 4.04. The molecule has 2 unspecified atom stereocenters. The highest BCUT2D eigenvalue weighted by atomic mass is 16.6. The van der Waals surface area contributed by atoms with Gasteiger partial charge in [0.25, 0.3) is 5.91 Å². The molecule has 0 heterocycles. The molecular weight excluding hydrogens is 454 g/mol. The fraction of sp³-hybridized carbons (Fsp3) is 0.483. The number of carbonyl (C=O) groups excluding carboxylic acids is 3. The molecule has 0 spiro atoms. The third-order valence-electron chi connectivity index (χ3n) is 5.64. The predicted octanol–water partition coefficient (Wildman–Crippen LogP) is 5.77. The van der Waals surface area contributed by atoms with E-state index in [0.717, 1.165) is 11.1 Å². The van der Waals surface area contributed by atoms with Gasteiger partial charge in [0, 0.05) is 12.2 Å². The third-order valence-corrected chi connectivity index (χ3v) is 5.64. The first-order chi connectivity index (χ1) is 16.8. The molecule has 2 N–H and O–H groups in total. The zero-order chi connectivity index (χ0) is 27.0. The molecule has 196 valence electrons. The maximum absolute atomic E-state index is 13.9. The molecule has 0 aromatic heterocycles. The molecule has 0 aliphatic rings. The van der Waals surface area contributed by atoms with Crippen LogP contribution in [0.2, 0.25) is 0 Å². The van der Waals surface area contributed by atoms with E-state index in [4.69, 9.17) is 4.74 Å². The summed E-state index contributed by atoms with van der Waals surface area (Å²) in [6.45, 7) is 15.3. The predicted molar refractivity (Wildman–Crippen MR) is 144 cm³/mol. The lowest BCUT2D eigenvalue weighted by Gasteiger charge is -2.34. The maximum Gasteiger partial charge on any atom is 0.408 e. The first-order valence-electron chi connectivity index (χ1n) is 12.6. The largest absolute Gasteiger partial charge is 0.444 e. The topological polar surface area (TPSA) is 87.7 Å². The molecule has 0 aliphatic carbocycles. The number of nitrogens with zero attached hydrogens (tertiary/aromatic N) is 1. The van der Waals surface area contributed by atoms with Gasteiger partial charge in [-0.25, -0.2) is 4.79 Å². The Hall–Kier alpha value is -3.35. The van der Waals surface area contributed by atoms with Crippen molar-refractivity contribution in [2.24, 2.45) is 5.92 Å². The van der Waals surface area contributed by atoms with Gasteiger partial charge in [-0.3, -0.25) is 9.59 Å². The molecule has 0 bridgehead atoms. The van der Waals surface area contributed by atoms with Gasteiger partial charge in [0.2, 0.25) is 5.91 Å². The van der Waals surface area contributed by atoms with Crippen LogP contribution in [0, 0.1) is 19.8 Å². The Balaban J connectivity index is 2.45. The Morgan fingerprint density at radius 2 is 1.67 bits per heavy atom. The van der Waals surface area contributed by atoms with Crippen molar-refractivity contribution in [3.63, 3.8) is 0 Å². The summed E-state index contributed by atoms with van der Waals surface area (Å²) in [5.41, 5.74) is 2.60. The van der Waals surface area contributed by atoms with Gasteiger partial charge in [0.15, 0.2) is 0 Å². The lowest BCUT2D eigenvalue weighted by Crippen LogP contribution is -2.52. The molecule has 0 saturated heterocycles. The monoisotopic (exact) mass is 495 g/mol. The molecule has 7 heteroatoms. The van der Waals surface area contributed by atoms with Gasteiger partial charge >= 0.3 is 6.09 Å². The van der Waals surface area contributed by atoms with Gasteiger partial charge in [-0.1, -0.05) is 61.9 Å². The van der Waals surface area contributed by atoms with E-state index in [0.29, 0.717) is 17.7 Å². The van der Waals surface area contributed by atoms with E-state index < -0.39 is 23.8 Å². The molecule has 2 aromatic rings. The first kappa shape index (κ1) is 28.9. The minimum atomic E-state index is -0.878. The van der Waals surface area contributed by atoms with Crippen LogP contribution in [0.25, 0.3) is 0 Å². The van der Waals surface area contributed by atoms with Crippen LogP contribution in [-0.4, -0.2) is 41.0 Å². The molecule has 0 aliphatic heterocycles. The second-order valence-electron chi connectivity index (χ2n) is 10.6. The third kappa shape index (κ3) is 8.40. The van der Waals surface area contributed by atoms with E-state index in [9.17, 15) is 14.4 Å². The van der Waals surface area contributed by atoms with Gasteiger partial charge in [-0.2, -0.15) is 0 Å². The van der Waals surface area contributed by atoms with Gasteiger partial charge in [0.1, 0.15) is 17.7 Å². The van der Waals surface area contributed by atoms with E-state index in [2.05, 4.69) is 10.6 Å². The minimum Gasteiger partial charge on any atom is -0.444 e. The van der Waals surface area contributed by atoms with Crippen LogP contribution in [0.15, 0.2) is 48.5 Å². The van der Waals surface area contributed by atoms with Crippen molar-refractivity contribution in [1.29, 1.82) is 0 Å². The number of likely N-dealkylation sites (N-methyl/N-ethyl adjacent to an activating group) is 1. The molecule has 2 atom stereocenters. The Kier molecular flexibility index (Phi) is 10.1. The molecule has 2 rings (SSSR count). The summed E-state index contributed by atoms with van der Waals surface area (Å²) in [4.78, 5) is 41.7. The van der Waals surface area contributed by atoms with Crippen molar-refractivity contribution >= 4 is 23.6 Å². The van der Waals surface area contributed by atoms with Crippen molar-refractivity contribution in [3.05, 3.63) is 65.2 Å². The smallest absolute Gasteiger partial charge is 0.408 e. The molecule has 0 fully saturated rings. The van der Waals surface area contributed by atoms with Crippen LogP contribution >= 0.6 is 0 Å². The van der Waals surface area contributed by atoms with Crippen molar-refractivity contribution in [1.82, 2.24) is 10.2 Å². The van der Waals surface area contributed by atoms with Gasteiger partial charge < -0.3 is 20.3 Å². The first-order valence-corrected chi connectivity index (χ1v) is 12.6. The normalized spacial score (nSPS) is 13.0. The molecule has 0 radical (unpaired) electrons. The summed E-state index contributed by atoms with van der Waals surface area (Å²) >= 11 is 0. The number of nitrogens with one attached hydrogen (secondary N) is 2. The number of benzene rings is 2. The zero-order valence-electron chi connectivity index (χ0n) is 22.8. The second-order valence-corrected chi connectivity index (χ2v) is 10.6. The number of para-hydroxylation sites is 1. The standard InChI is InChI=1S/C29H41N3O4/c1-9-32(27(34)24(17-19(2)3)31-28(35)36-29(6,7)8)25(22-15-12-13-20(4)18-22)26(33)30-23-16-11-10-14-21(23)5/h10-16,18-19,24-25H,9,17H2,1-8H3,(H,30,33)(H,31,35). The average molecular weight is 496 g/mol. The van der Waals surface area contributed by atoms with E-state index >= 15 is 0 Å². The molecular formula is C29H41N3O4. The fourth-order valence-electron chi connectivity index (χ4n) is 4.04. The number of aryl methyl sites for hydroxylation is 2. The maximum atomic E-state index is 13.9. The number of ether oxygens (including phenoxy) is 1. The Labute approximate surface area is 215 Å². The van der Waals surface area contributed by atoms with Crippen LogP contribution < -0.4 is 10.6 Å². The van der Waals surface area contributed by atoms with E-state index in [-0.39, 0.29) is 24.3 Å². The van der Waals surface area contributed by atoms with Gasteiger partial charge in [-0.05, 0) is 71.1 Å². The molecule has 36 heavy (non-hydrogen) atoms. The highest BCUT2D eigenvalue weighted by Gasteiger charge is 2.36. The van der Waals surface area contributed by atoms with Crippen LogP contribution in [0.1, 0.15) is 70.7 Å². The van der Waals surface area contributed by atoms with Crippen LogP contribution in [-0.2, 0) is 14.3 Å². The van der Waals surface area contributed by atoms with Crippen LogP contribution in [0.4, 0.5) is 10.5 Å². The lowest BCUT2D eigenvalue weighted by molar-refractivity contribution is -0.140. The summed E-state index contributed by atoms with van der Waals surface area (Å²) in [5, 5.41) is 5.76. The van der Waals surface area contributed by atoms with Crippen molar-refractivity contribution in [3.8, 4) is 0 Å². The van der Waals surface area contributed by atoms with Crippen molar-refractivity contribution in [2.75, 3.05) is 11.9 Å². The number of alkyl carbamates (subject to hydrolysis) is 1. The molecule has 7 nitrogen and oxygen atoms in total. The quantitative estimate of drug-likeness (QED) is 0.462. The SMILES string of the molecule is CCN(C(=O)C(CC(C)C)NC(=O)OC(C)(C)C)C(C(=O)Nc1ccccc1C)c1cccc(C)c1. The molecule has 0 saturated carbocycles. The average Bonchev–Trinajstić information content (AvgIpc) is 2.76. The van der Waals surface area contributed by atoms with E-state index in [1.165, 1.54) is 4.90 Å². The number of hydrogen-bond donors (Lipinski definition) is 2. The molecule has 2 aromatic carbocycles. The highest BCUT2D eigenvalue weighted by Crippen LogP contribution is 2.26. The number of hydrogen-bond acceptors (Lipinski definition) is 4. The number of anilines is 1. The van der Waals surface area contributed by atoms with Gasteiger partial charge in [-0.15, -0.1) is 0 Å². The summed E-state index contributed by atoms with van der Waals surface area (Å²) < 4.78 is 5.41. The van der Waals surface area contributed by atoms with E-state index in [1.54, 1.807) is 20.8 Å². The van der Waals surface area contributed by atoms with Crippen LogP contribution in [0.5, 0.6) is 0 Å². The van der Waals surface area contributed by atoms with Crippen molar-refractivity contribution < 1.29 is 19.1 Å². The Bertz CT molecular complexity index is 1060. The summed E-state index contributed by atoms with van der Waals surface area (Å²) in [6, 6.07) is 13.4. The summed E-state index contributed by atoms with van der Waals surface area (Å²) in [7, 11) is 0. The van der Waals surface area contributed by atoms with Gasteiger partial charge in [0.05, 0.1) is 0 Å². The summed E-state index contributed by atoms with van der Waals surface area (Å²) in [5.74, 6) is -0.514. The second kappa shape index (κ2) is 12.6. The van der Waals surface area contributed by atoms with Crippen molar-refractivity contribution in [2.45, 2.75) is 79.5 Å². The zero-order valence-corrected chi connectivity index (χ0v) is 22.8. The number of amides is 3. The summed E-state index contributed by atoms with van der Waals surface area (Å²) in [6.07, 6.45) is -0.247. The van der Waals surface area contributed by atoms with Crippen LogP contribution in [0.3, 0.4) is 0 Å². The lowest BCUT2D eigenvalue weighted by atomic mass is 9.98. The molecule has 3 amide bonds.